The Balaban J connectivity index is 2.53. The quantitative estimate of drug-likeness (QED) is 0.688. The monoisotopic (exact) mass is 242 g/mol. The van der Waals surface area contributed by atoms with E-state index in [1.54, 1.807) is 6.92 Å². The molecule has 5 nitrogen and oxygen atoms in total. The van der Waals surface area contributed by atoms with Gasteiger partial charge >= 0.3 is 0 Å². The fourth-order valence-corrected chi connectivity index (χ4v) is 1.64. The highest BCUT2D eigenvalue weighted by molar-refractivity contribution is 6.00. The molecule has 5 heteroatoms. The molecule has 0 spiro atoms. The molecule has 0 radical (unpaired) electrons. The van der Waals surface area contributed by atoms with Gasteiger partial charge in [-0.05, 0) is 19.3 Å². The standard InChI is InChI=1S/C12H22N2O3/c1-8(2)12(3,17)7-13-9-5-6-10(15)14(4)11(9)16/h8-9,13,17H,5-7H2,1-4H3. The number of nitrogens with zero attached hydrogens (tertiary/aromatic N) is 1. The predicted molar refractivity (Wildman–Crippen MR) is 64.3 cm³/mol. The van der Waals surface area contributed by atoms with Crippen LogP contribution >= 0.6 is 0 Å². The van der Waals surface area contributed by atoms with Crippen LogP contribution in [0.15, 0.2) is 0 Å². The van der Waals surface area contributed by atoms with E-state index < -0.39 is 5.60 Å². The lowest BCUT2D eigenvalue weighted by Gasteiger charge is -2.33. The number of amides is 2. The maximum atomic E-state index is 11.8. The highest BCUT2D eigenvalue weighted by Crippen LogP contribution is 2.17. The van der Waals surface area contributed by atoms with Crippen LogP contribution in [0.3, 0.4) is 0 Å². The average Bonchev–Trinajstić information content (AvgIpc) is 2.25. The summed E-state index contributed by atoms with van der Waals surface area (Å²) in [5.74, 6) is -0.238. The lowest BCUT2D eigenvalue weighted by atomic mass is 9.92. The summed E-state index contributed by atoms with van der Waals surface area (Å²) < 4.78 is 0. The zero-order valence-corrected chi connectivity index (χ0v) is 11.0. The van der Waals surface area contributed by atoms with E-state index in [4.69, 9.17) is 0 Å². The predicted octanol–water partition coefficient (Wildman–Crippen LogP) is 0.130. The maximum absolute atomic E-state index is 11.8. The average molecular weight is 242 g/mol. The first-order chi connectivity index (χ1) is 7.75. The topological polar surface area (TPSA) is 69.6 Å². The zero-order valence-electron chi connectivity index (χ0n) is 11.0. The number of carbonyl (C=O) groups excluding carboxylic acids is 2. The van der Waals surface area contributed by atoms with Crippen molar-refractivity contribution in [1.82, 2.24) is 10.2 Å². The molecule has 2 amide bonds. The Hall–Kier alpha value is -0.940. The molecule has 1 aliphatic heterocycles. The van der Waals surface area contributed by atoms with Gasteiger partial charge in [0.25, 0.3) is 0 Å². The molecule has 0 bridgehead atoms. The largest absolute Gasteiger partial charge is 0.389 e. The number of aliphatic hydroxyl groups is 1. The Morgan fingerprint density at radius 3 is 2.65 bits per heavy atom. The van der Waals surface area contributed by atoms with Gasteiger partial charge in [0.2, 0.25) is 11.8 Å². The van der Waals surface area contributed by atoms with Crippen molar-refractivity contribution >= 4 is 11.8 Å². The van der Waals surface area contributed by atoms with Gasteiger partial charge in [-0.15, -0.1) is 0 Å². The van der Waals surface area contributed by atoms with Crippen molar-refractivity contribution in [1.29, 1.82) is 0 Å². The summed E-state index contributed by atoms with van der Waals surface area (Å²) in [6, 6.07) is -0.358. The number of imide groups is 1. The lowest BCUT2D eigenvalue weighted by Crippen LogP contribution is -2.55. The third-order valence-electron chi connectivity index (χ3n) is 3.60. The molecule has 2 atom stereocenters. The third-order valence-corrected chi connectivity index (χ3v) is 3.60. The van der Waals surface area contributed by atoms with E-state index in [1.165, 1.54) is 7.05 Å². The van der Waals surface area contributed by atoms with Gasteiger partial charge in [0.1, 0.15) is 0 Å². The Kier molecular flexibility index (Phi) is 4.27. The minimum absolute atomic E-state index is 0.105. The molecule has 0 aromatic carbocycles. The molecule has 17 heavy (non-hydrogen) atoms. The van der Waals surface area contributed by atoms with Gasteiger partial charge in [-0.1, -0.05) is 13.8 Å². The summed E-state index contributed by atoms with van der Waals surface area (Å²) in [5.41, 5.74) is -0.847. The first kappa shape index (κ1) is 14.1. The lowest BCUT2D eigenvalue weighted by molar-refractivity contribution is -0.148. The van der Waals surface area contributed by atoms with Gasteiger partial charge in [-0.3, -0.25) is 14.5 Å². The van der Waals surface area contributed by atoms with Crippen molar-refractivity contribution in [2.45, 2.75) is 45.3 Å². The molecule has 1 aliphatic rings. The normalized spacial score (nSPS) is 25.3. The molecule has 1 fully saturated rings. The van der Waals surface area contributed by atoms with Crippen LogP contribution in [0, 0.1) is 5.92 Å². The number of hydrogen-bond donors (Lipinski definition) is 2. The first-order valence-corrected chi connectivity index (χ1v) is 6.02. The second kappa shape index (κ2) is 5.14. The van der Waals surface area contributed by atoms with E-state index in [1.807, 2.05) is 13.8 Å². The summed E-state index contributed by atoms with van der Waals surface area (Å²) in [7, 11) is 1.50. The third kappa shape index (κ3) is 3.26. The molecule has 0 saturated carbocycles. The molecule has 1 rings (SSSR count). The fourth-order valence-electron chi connectivity index (χ4n) is 1.64. The summed E-state index contributed by atoms with van der Waals surface area (Å²) in [4.78, 5) is 24.2. The molecule has 2 unspecified atom stereocenters. The molecule has 1 heterocycles. The van der Waals surface area contributed by atoms with Crippen LogP contribution in [-0.4, -0.2) is 47.1 Å². The maximum Gasteiger partial charge on any atom is 0.246 e. The number of carbonyl (C=O) groups is 2. The molecule has 0 aliphatic carbocycles. The van der Waals surface area contributed by atoms with Crippen molar-refractivity contribution in [2.24, 2.45) is 5.92 Å². The van der Waals surface area contributed by atoms with Gasteiger partial charge in [0.05, 0.1) is 11.6 Å². The van der Waals surface area contributed by atoms with E-state index in [0.29, 0.717) is 19.4 Å². The van der Waals surface area contributed by atoms with Gasteiger partial charge in [0, 0.05) is 20.0 Å². The van der Waals surface area contributed by atoms with Crippen LogP contribution in [0.1, 0.15) is 33.6 Å². The SMILES string of the molecule is CC(C)C(C)(O)CNC1CCC(=O)N(C)C1=O. The number of likely N-dealkylation sites (tertiary alicyclic amines) is 1. The van der Waals surface area contributed by atoms with Crippen LogP contribution in [0.25, 0.3) is 0 Å². The number of piperidine rings is 1. The van der Waals surface area contributed by atoms with E-state index >= 15 is 0 Å². The number of likely N-dealkylation sites (N-methyl/N-ethyl adjacent to an activating group) is 1. The molecule has 0 aromatic heterocycles. The molecular weight excluding hydrogens is 220 g/mol. The second-order valence-electron chi connectivity index (χ2n) is 5.28. The van der Waals surface area contributed by atoms with Crippen LogP contribution < -0.4 is 5.32 Å². The smallest absolute Gasteiger partial charge is 0.246 e. The van der Waals surface area contributed by atoms with Gasteiger partial charge in [-0.2, -0.15) is 0 Å². The van der Waals surface area contributed by atoms with E-state index in [9.17, 15) is 14.7 Å². The minimum Gasteiger partial charge on any atom is -0.389 e. The van der Waals surface area contributed by atoms with E-state index in [-0.39, 0.29) is 23.8 Å². The van der Waals surface area contributed by atoms with Crippen LogP contribution in [0.4, 0.5) is 0 Å². The first-order valence-electron chi connectivity index (χ1n) is 6.02. The molecule has 98 valence electrons. The van der Waals surface area contributed by atoms with Crippen LogP contribution in [0.5, 0.6) is 0 Å². The summed E-state index contributed by atoms with van der Waals surface area (Å²) >= 11 is 0. The minimum atomic E-state index is -0.847. The number of nitrogens with one attached hydrogen (secondary N) is 1. The van der Waals surface area contributed by atoms with Crippen molar-refractivity contribution < 1.29 is 14.7 Å². The Morgan fingerprint density at radius 2 is 2.12 bits per heavy atom. The molecule has 0 aromatic rings. The Bertz CT molecular complexity index is 313. The highest BCUT2D eigenvalue weighted by atomic mass is 16.3. The van der Waals surface area contributed by atoms with Gasteiger partial charge < -0.3 is 10.4 Å². The summed E-state index contributed by atoms with van der Waals surface area (Å²) in [6.45, 7) is 5.95. The number of hydrogen-bond acceptors (Lipinski definition) is 4. The van der Waals surface area contributed by atoms with Gasteiger partial charge in [0.15, 0.2) is 0 Å². The van der Waals surface area contributed by atoms with Crippen LogP contribution in [-0.2, 0) is 9.59 Å². The van der Waals surface area contributed by atoms with Gasteiger partial charge in [-0.25, -0.2) is 0 Å². The van der Waals surface area contributed by atoms with Crippen molar-refractivity contribution in [3.05, 3.63) is 0 Å². The number of rotatable bonds is 4. The van der Waals surface area contributed by atoms with Crippen molar-refractivity contribution in [3.8, 4) is 0 Å². The summed E-state index contributed by atoms with van der Waals surface area (Å²) in [5, 5.41) is 13.1. The van der Waals surface area contributed by atoms with E-state index in [0.717, 1.165) is 4.90 Å². The molecule has 1 saturated heterocycles. The Morgan fingerprint density at radius 1 is 1.53 bits per heavy atom. The molecular formula is C12H22N2O3. The zero-order chi connectivity index (χ0) is 13.2. The summed E-state index contributed by atoms with van der Waals surface area (Å²) in [6.07, 6.45) is 0.889. The van der Waals surface area contributed by atoms with Crippen molar-refractivity contribution in [2.75, 3.05) is 13.6 Å². The highest BCUT2D eigenvalue weighted by Gasteiger charge is 2.33. The fraction of sp³-hybridized carbons (Fsp3) is 0.833. The molecule has 2 N–H and O–H groups in total. The Labute approximate surface area is 102 Å². The van der Waals surface area contributed by atoms with Crippen LogP contribution in [0.2, 0.25) is 0 Å². The van der Waals surface area contributed by atoms with E-state index in [2.05, 4.69) is 5.32 Å². The second-order valence-corrected chi connectivity index (χ2v) is 5.28. The van der Waals surface area contributed by atoms with Crippen molar-refractivity contribution in [3.63, 3.8) is 0 Å².